The number of imidazole rings is 1. The Bertz CT molecular complexity index is 1290. The van der Waals surface area contributed by atoms with Crippen LogP contribution in [0.3, 0.4) is 0 Å². The fourth-order valence-corrected chi connectivity index (χ4v) is 4.30. The van der Waals surface area contributed by atoms with E-state index in [0.717, 1.165) is 65.3 Å². The van der Waals surface area contributed by atoms with Crippen LogP contribution in [0.25, 0.3) is 11.0 Å². The number of carbonyl (C=O) groups is 1. The summed E-state index contributed by atoms with van der Waals surface area (Å²) in [7, 11) is 1.64. The molecule has 36 heavy (non-hydrogen) atoms. The maximum Gasteiger partial charge on any atom is 0.224 e. The Morgan fingerprint density at radius 2 is 1.81 bits per heavy atom. The normalized spacial score (nSPS) is 11.0. The Kier molecular flexibility index (Phi) is 8.61. The number of amides is 1. The summed E-state index contributed by atoms with van der Waals surface area (Å²) in [6, 6.07) is 22.1. The van der Waals surface area contributed by atoms with E-state index in [1.54, 1.807) is 7.11 Å². The van der Waals surface area contributed by atoms with Gasteiger partial charge in [0.15, 0.2) is 0 Å². The second-order valence-electron chi connectivity index (χ2n) is 9.12. The van der Waals surface area contributed by atoms with Crippen molar-refractivity contribution in [2.75, 3.05) is 20.3 Å². The standard InChI is InChI=1S/C30H35N3O3/c1-22-11-12-23(2)28(20-22)36-19-7-18-33-27-9-5-4-8-26(27)32-29(33)10-6-17-31-30(34)21-24-13-15-25(35-3)16-14-24/h4-5,8-9,11-16,20H,6-7,10,17-19,21H2,1-3H3,(H,31,34). The monoisotopic (exact) mass is 485 g/mol. The molecule has 0 spiro atoms. The first-order chi connectivity index (χ1) is 17.5. The van der Waals surface area contributed by atoms with Gasteiger partial charge in [-0.25, -0.2) is 4.98 Å². The lowest BCUT2D eigenvalue weighted by atomic mass is 10.1. The molecule has 4 rings (SSSR count). The van der Waals surface area contributed by atoms with Crippen LogP contribution >= 0.6 is 0 Å². The molecule has 0 aliphatic carbocycles. The van der Waals surface area contributed by atoms with Crippen LogP contribution in [-0.4, -0.2) is 35.7 Å². The van der Waals surface area contributed by atoms with E-state index < -0.39 is 0 Å². The van der Waals surface area contributed by atoms with Crippen LogP contribution in [0, 0.1) is 13.8 Å². The number of hydrogen-bond donors (Lipinski definition) is 1. The number of aromatic nitrogens is 2. The number of carbonyl (C=O) groups excluding carboxylic acids is 1. The summed E-state index contributed by atoms with van der Waals surface area (Å²) in [5.74, 6) is 2.82. The van der Waals surface area contributed by atoms with Gasteiger partial charge >= 0.3 is 0 Å². The van der Waals surface area contributed by atoms with Gasteiger partial charge in [0.05, 0.1) is 31.2 Å². The van der Waals surface area contributed by atoms with Crippen LogP contribution in [-0.2, 0) is 24.2 Å². The molecule has 6 nitrogen and oxygen atoms in total. The molecule has 0 bridgehead atoms. The number of rotatable bonds is 12. The predicted molar refractivity (Wildman–Crippen MR) is 144 cm³/mol. The van der Waals surface area contributed by atoms with Crippen molar-refractivity contribution in [3.63, 3.8) is 0 Å². The van der Waals surface area contributed by atoms with Crippen molar-refractivity contribution >= 4 is 16.9 Å². The van der Waals surface area contributed by atoms with E-state index in [1.807, 2.05) is 30.3 Å². The lowest BCUT2D eigenvalue weighted by Gasteiger charge is -2.12. The molecular weight excluding hydrogens is 450 g/mol. The van der Waals surface area contributed by atoms with Crippen molar-refractivity contribution in [3.05, 3.63) is 89.2 Å². The first-order valence-electron chi connectivity index (χ1n) is 12.6. The summed E-state index contributed by atoms with van der Waals surface area (Å²) >= 11 is 0. The van der Waals surface area contributed by atoms with Crippen molar-refractivity contribution in [3.8, 4) is 11.5 Å². The molecule has 0 unspecified atom stereocenters. The number of nitrogens with one attached hydrogen (secondary N) is 1. The molecule has 0 saturated heterocycles. The molecule has 0 fully saturated rings. The van der Waals surface area contributed by atoms with Crippen LogP contribution in [0.2, 0.25) is 0 Å². The lowest BCUT2D eigenvalue weighted by molar-refractivity contribution is -0.120. The zero-order valence-corrected chi connectivity index (χ0v) is 21.4. The van der Waals surface area contributed by atoms with Crippen LogP contribution in [0.1, 0.15) is 35.4 Å². The third-order valence-electron chi connectivity index (χ3n) is 6.28. The molecule has 0 atom stereocenters. The van der Waals surface area contributed by atoms with Gasteiger partial charge < -0.3 is 19.4 Å². The van der Waals surface area contributed by atoms with Crippen molar-refractivity contribution in [2.45, 2.75) is 46.1 Å². The number of aryl methyl sites for hydroxylation is 4. The predicted octanol–water partition coefficient (Wildman–Crippen LogP) is 5.42. The van der Waals surface area contributed by atoms with Gasteiger partial charge in [0.2, 0.25) is 5.91 Å². The topological polar surface area (TPSA) is 65.4 Å². The van der Waals surface area contributed by atoms with Crippen LogP contribution < -0.4 is 14.8 Å². The van der Waals surface area contributed by atoms with Gasteiger partial charge in [-0.15, -0.1) is 0 Å². The number of methoxy groups -OCH3 is 1. The molecule has 0 saturated carbocycles. The Morgan fingerprint density at radius 1 is 1.00 bits per heavy atom. The Hall–Kier alpha value is -3.80. The summed E-state index contributed by atoms with van der Waals surface area (Å²) in [4.78, 5) is 17.2. The van der Waals surface area contributed by atoms with Gasteiger partial charge in [-0.2, -0.15) is 0 Å². The van der Waals surface area contributed by atoms with Gasteiger partial charge in [0.25, 0.3) is 0 Å². The molecule has 1 amide bonds. The van der Waals surface area contributed by atoms with E-state index in [-0.39, 0.29) is 5.91 Å². The summed E-state index contributed by atoms with van der Waals surface area (Å²) < 4.78 is 13.5. The van der Waals surface area contributed by atoms with Gasteiger partial charge in [0, 0.05) is 19.5 Å². The van der Waals surface area contributed by atoms with Crippen molar-refractivity contribution in [1.29, 1.82) is 0 Å². The Balaban J connectivity index is 1.29. The molecule has 1 aromatic heterocycles. The summed E-state index contributed by atoms with van der Waals surface area (Å²) in [6.45, 7) is 6.26. The van der Waals surface area contributed by atoms with Gasteiger partial charge in [-0.3, -0.25) is 4.79 Å². The number of fused-ring (bicyclic) bond motifs is 1. The van der Waals surface area contributed by atoms with Crippen LogP contribution in [0.5, 0.6) is 11.5 Å². The molecule has 4 aromatic rings. The zero-order chi connectivity index (χ0) is 25.3. The molecule has 0 aliphatic rings. The Labute approximate surface area is 213 Å². The largest absolute Gasteiger partial charge is 0.497 e. The molecule has 6 heteroatoms. The highest BCUT2D eigenvalue weighted by atomic mass is 16.5. The number of hydrogen-bond acceptors (Lipinski definition) is 4. The minimum absolute atomic E-state index is 0.0252. The molecule has 1 heterocycles. The molecule has 0 aliphatic heterocycles. The highest BCUT2D eigenvalue weighted by molar-refractivity contribution is 5.78. The number of para-hydroxylation sites is 2. The van der Waals surface area contributed by atoms with Crippen molar-refractivity contribution < 1.29 is 14.3 Å². The van der Waals surface area contributed by atoms with Gasteiger partial charge in [-0.05, 0) is 73.7 Å². The number of nitrogens with zero attached hydrogens (tertiary/aromatic N) is 2. The van der Waals surface area contributed by atoms with Crippen molar-refractivity contribution in [1.82, 2.24) is 14.9 Å². The number of ether oxygens (including phenoxy) is 2. The third-order valence-corrected chi connectivity index (χ3v) is 6.28. The quantitative estimate of drug-likeness (QED) is 0.272. The van der Waals surface area contributed by atoms with Crippen LogP contribution in [0.15, 0.2) is 66.7 Å². The fourth-order valence-electron chi connectivity index (χ4n) is 4.30. The molecule has 0 radical (unpaired) electrons. The average Bonchev–Trinajstić information content (AvgIpc) is 3.24. The maximum absolute atomic E-state index is 12.3. The SMILES string of the molecule is COc1ccc(CC(=O)NCCCc2nc3ccccc3n2CCCOc2cc(C)ccc2C)cc1. The second-order valence-corrected chi connectivity index (χ2v) is 9.12. The summed E-state index contributed by atoms with van der Waals surface area (Å²) in [5.41, 5.74) is 5.48. The first-order valence-corrected chi connectivity index (χ1v) is 12.6. The molecule has 3 aromatic carbocycles. The van der Waals surface area contributed by atoms with E-state index in [9.17, 15) is 4.79 Å². The summed E-state index contributed by atoms with van der Waals surface area (Å²) in [6.07, 6.45) is 2.88. The van der Waals surface area contributed by atoms with Gasteiger partial charge in [-0.1, -0.05) is 36.4 Å². The fraction of sp³-hybridized carbons (Fsp3) is 0.333. The lowest BCUT2D eigenvalue weighted by Crippen LogP contribution is -2.26. The smallest absolute Gasteiger partial charge is 0.224 e. The average molecular weight is 486 g/mol. The summed E-state index contributed by atoms with van der Waals surface area (Å²) in [5, 5.41) is 3.04. The highest BCUT2D eigenvalue weighted by Crippen LogP contribution is 2.21. The second kappa shape index (κ2) is 12.2. The van der Waals surface area contributed by atoms with E-state index in [2.05, 4.69) is 60.1 Å². The molecule has 188 valence electrons. The van der Waals surface area contributed by atoms with E-state index in [1.165, 1.54) is 5.56 Å². The minimum atomic E-state index is 0.0252. The molecular formula is C30H35N3O3. The zero-order valence-electron chi connectivity index (χ0n) is 21.4. The maximum atomic E-state index is 12.3. The van der Waals surface area contributed by atoms with Gasteiger partial charge in [0.1, 0.15) is 17.3 Å². The minimum Gasteiger partial charge on any atom is -0.497 e. The van der Waals surface area contributed by atoms with Crippen molar-refractivity contribution in [2.24, 2.45) is 0 Å². The first kappa shape index (κ1) is 25.3. The highest BCUT2D eigenvalue weighted by Gasteiger charge is 2.11. The van der Waals surface area contributed by atoms with Crippen LogP contribution in [0.4, 0.5) is 0 Å². The van der Waals surface area contributed by atoms with E-state index in [4.69, 9.17) is 14.5 Å². The Morgan fingerprint density at radius 3 is 2.61 bits per heavy atom. The number of benzene rings is 3. The van der Waals surface area contributed by atoms with E-state index in [0.29, 0.717) is 19.6 Å². The van der Waals surface area contributed by atoms with E-state index >= 15 is 0 Å². The molecule has 1 N–H and O–H groups in total. The third kappa shape index (κ3) is 6.66.